The molecule has 2 heterocycles. The van der Waals surface area contributed by atoms with Crippen molar-refractivity contribution in [3.05, 3.63) is 48.4 Å². The monoisotopic (exact) mass is 393 g/mol. The zero-order chi connectivity index (χ0) is 20.2. The molecule has 1 saturated carbocycles. The normalized spacial score (nSPS) is 18.9. The van der Waals surface area contributed by atoms with Crippen LogP contribution in [-0.4, -0.2) is 40.1 Å². The number of ether oxygens (including phenoxy) is 2. The lowest BCUT2D eigenvalue weighted by molar-refractivity contribution is 0.0983. The number of anilines is 1. The van der Waals surface area contributed by atoms with E-state index in [4.69, 9.17) is 15.2 Å². The molecule has 1 aliphatic rings. The largest absolute Gasteiger partial charge is 0.497 e. The van der Waals surface area contributed by atoms with Crippen LogP contribution in [0.1, 0.15) is 36.0 Å². The number of pyridine rings is 1. The minimum atomic E-state index is -0.532. The van der Waals surface area contributed by atoms with Crippen LogP contribution in [-0.2, 0) is 0 Å². The highest BCUT2D eigenvalue weighted by Crippen LogP contribution is 2.29. The molecule has 1 aliphatic carbocycles. The minimum absolute atomic E-state index is 0.00690. The summed E-state index contributed by atoms with van der Waals surface area (Å²) in [6.45, 7) is 0. The number of hydrogen-bond acceptors (Lipinski definition) is 7. The molecule has 8 nitrogen and oxygen atoms in total. The van der Waals surface area contributed by atoms with Gasteiger partial charge in [0.15, 0.2) is 0 Å². The Bertz CT molecular complexity index is 1020. The zero-order valence-corrected chi connectivity index (χ0v) is 16.2. The lowest BCUT2D eigenvalue weighted by Gasteiger charge is -2.30. The number of carbonyl (C=O) groups is 1. The lowest BCUT2D eigenvalue weighted by Crippen LogP contribution is -2.32. The highest BCUT2D eigenvalue weighted by Gasteiger charge is 2.24. The molecule has 8 heteroatoms. The molecule has 150 valence electrons. The van der Waals surface area contributed by atoms with E-state index < -0.39 is 5.91 Å². The number of carbonyl (C=O) groups excluding carboxylic acids is 1. The molecular formula is C21H23N5O3. The third-order valence-corrected chi connectivity index (χ3v) is 5.17. The van der Waals surface area contributed by atoms with Gasteiger partial charge in [0.1, 0.15) is 29.6 Å². The number of aromatic nitrogens is 3. The van der Waals surface area contributed by atoms with Crippen molar-refractivity contribution in [2.24, 2.45) is 5.73 Å². The van der Waals surface area contributed by atoms with Crippen molar-refractivity contribution in [1.82, 2.24) is 15.0 Å². The van der Waals surface area contributed by atoms with Crippen LogP contribution in [0.4, 0.5) is 5.82 Å². The quantitative estimate of drug-likeness (QED) is 0.662. The van der Waals surface area contributed by atoms with E-state index in [0.717, 1.165) is 48.2 Å². The SMILES string of the molecule is COc1ccc2c(NC3CCC(Oc4ncccc4C(N)=O)CC3)ncnc2c1. The van der Waals surface area contributed by atoms with Gasteiger partial charge >= 0.3 is 0 Å². The average Bonchev–Trinajstić information content (AvgIpc) is 2.75. The molecule has 1 aromatic carbocycles. The first-order valence-corrected chi connectivity index (χ1v) is 9.61. The second-order valence-electron chi connectivity index (χ2n) is 7.06. The van der Waals surface area contributed by atoms with Crippen LogP contribution in [0, 0.1) is 0 Å². The number of nitrogens with two attached hydrogens (primary N) is 1. The van der Waals surface area contributed by atoms with Crippen LogP contribution >= 0.6 is 0 Å². The van der Waals surface area contributed by atoms with Gasteiger partial charge in [0.25, 0.3) is 5.91 Å². The first-order valence-electron chi connectivity index (χ1n) is 9.61. The Morgan fingerprint density at radius 3 is 2.72 bits per heavy atom. The van der Waals surface area contributed by atoms with Gasteiger partial charge in [-0.25, -0.2) is 15.0 Å². The fraction of sp³-hybridized carbons (Fsp3) is 0.333. The molecule has 29 heavy (non-hydrogen) atoms. The molecule has 0 radical (unpaired) electrons. The number of rotatable bonds is 6. The predicted molar refractivity (Wildman–Crippen MR) is 109 cm³/mol. The summed E-state index contributed by atoms with van der Waals surface area (Å²) in [5.74, 6) is 1.37. The zero-order valence-electron chi connectivity index (χ0n) is 16.2. The summed E-state index contributed by atoms with van der Waals surface area (Å²) in [4.78, 5) is 24.4. The van der Waals surface area contributed by atoms with Gasteiger partial charge < -0.3 is 20.5 Å². The fourth-order valence-corrected chi connectivity index (χ4v) is 3.63. The molecule has 0 aliphatic heterocycles. The summed E-state index contributed by atoms with van der Waals surface area (Å²) in [6.07, 6.45) is 6.71. The fourth-order valence-electron chi connectivity index (χ4n) is 3.63. The van der Waals surface area contributed by atoms with E-state index in [0.29, 0.717) is 11.4 Å². The number of amides is 1. The van der Waals surface area contributed by atoms with Gasteiger partial charge in [-0.2, -0.15) is 0 Å². The molecule has 3 aromatic rings. The van der Waals surface area contributed by atoms with Crippen LogP contribution in [0.3, 0.4) is 0 Å². The standard InChI is InChI=1S/C21H23N5O3/c1-28-15-8-9-16-18(11-15)24-12-25-20(16)26-13-4-6-14(7-5-13)29-21-17(19(22)27)3-2-10-23-21/h2-3,8-14H,4-7H2,1H3,(H2,22,27)(H,24,25,26). The van der Waals surface area contributed by atoms with E-state index in [2.05, 4.69) is 20.3 Å². The first-order chi connectivity index (χ1) is 14.1. The summed E-state index contributed by atoms with van der Waals surface area (Å²) in [5, 5.41) is 4.50. The highest BCUT2D eigenvalue weighted by atomic mass is 16.5. The van der Waals surface area contributed by atoms with Crippen LogP contribution in [0.15, 0.2) is 42.9 Å². The van der Waals surface area contributed by atoms with Crippen LogP contribution in [0.2, 0.25) is 0 Å². The van der Waals surface area contributed by atoms with Crippen LogP contribution in [0.25, 0.3) is 10.9 Å². The average molecular weight is 393 g/mol. The summed E-state index contributed by atoms with van der Waals surface area (Å²) in [6, 6.07) is 9.37. The van der Waals surface area contributed by atoms with Gasteiger partial charge in [0.05, 0.1) is 12.6 Å². The molecule has 0 spiro atoms. The highest BCUT2D eigenvalue weighted by molar-refractivity contribution is 5.95. The Hall–Kier alpha value is -3.42. The number of hydrogen-bond donors (Lipinski definition) is 2. The molecule has 0 unspecified atom stereocenters. The van der Waals surface area contributed by atoms with Crippen molar-refractivity contribution >= 4 is 22.6 Å². The number of methoxy groups -OCH3 is 1. The van der Waals surface area contributed by atoms with E-state index in [1.807, 2.05) is 18.2 Å². The van der Waals surface area contributed by atoms with Crippen molar-refractivity contribution in [1.29, 1.82) is 0 Å². The van der Waals surface area contributed by atoms with Crippen LogP contribution in [0.5, 0.6) is 11.6 Å². The maximum atomic E-state index is 11.5. The lowest BCUT2D eigenvalue weighted by atomic mass is 9.93. The third kappa shape index (κ3) is 4.21. The second-order valence-corrected chi connectivity index (χ2v) is 7.06. The van der Waals surface area contributed by atoms with Crippen molar-refractivity contribution < 1.29 is 14.3 Å². The summed E-state index contributed by atoms with van der Waals surface area (Å²) >= 11 is 0. The van der Waals surface area contributed by atoms with E-state index in [-0.39, 0.29) is 12.1 Å². The number of primary amides is 1. The second kappa shape index (κ2) is 8.30. The molecule has 0 bridgehead atoms. The molecule has 3 N–H and O–H groups in total. The number of nitrogens with zero attached hydrogens (tertiary/aromatic N) is 3. The third-order valence-electron chi connectivity index (χ3n) is 5.17. The van der Waals surface area contributed by atoms with E-state index in [9.17, 15) is 4.79 Å². The number of benzene rings is 1. The van der Waals surface area contributed by atoms with Gasteiger partial charge in [0, 0.05) is 23.7 Å². The van der Waals surface area contributed by atoms with Gasteiger partial charge in [-0.05, 0) is 49.9 Å². The minimum Gasteiger partial charge on any atom is -0.497 e. The number of nitrogens with one attached hydrogen (secondary N) is 1. The summed E-state index contributed by atoms with van der Waals surface area (Å²) < 4.78 is 11.2. The molecule has 0 saturated heterocycles. The Labute approximate surface area is 168 Å². The van der Waals surface area contributed by atoms with Crippen molar-refractivity contribution in [3.63, 3.8) is 0 Å². The summed E-state index contributed by atoms with van der Waals surface area (Å²) in [7, 11) is 1.64. The Morgan fingerprint density at radius 1 is 1.14 bits per heavy atom. The molecule has 0 atom stereocenters. The van der Waals surface area contributed by atoms with Crippen molar-refractivity contribution in [2.45, 2.75) is 37.8 Å². The van der Waals surface area contributed by atoms with E-state index in [1.54, 1.807) is 31.8 Å². The van der Waals surface area contributed by atoms with Crippen molar-refractivity contribution in [3.8, 4) is 11.6 Å². The van der Waals surface area contributed by atoms with Gasteiger partial charge in [0.2, 0.25) is 5.88 Å². The molecule has 4 rings (SSSR count). The topological polar surface area (TPSA) is 112 Å². The maximum absolute atomic E-state index is 11.5. The Morgan fingerprint density at radius 2 is 1.97 bits per heavy atom. The molecule has 1 fully saturated rings. The molecule has 1 amide bonds. The molecular weight excluding hydrogens is 370 g/mol. The molecule has 2 aromatic heterocycles. The van der Waals surface area contributed by atoms with Gasteiger partial charge in [-0.15, -0.1) is 0 Å². The van der Waals surface area contributed by atoms with E-state index >= 15 is 0 Å². The first kappa shape index (κ1) is 18.9. The maximum Gasteiger partial charge on any atom is 0.254 e. The Kier molecular flexibility index (Phi) is 5.41. The van der Waals surface area contributed by atoms with Gasteiger partial charge in [-0.3, -0.25) is 4.79 Å². The van der Waals surface area contributed by atoms with Crippen molar-refractivity contribution in [2.75, 3.05) is 12.4 Å². The smallest absolute Gasteiger partial charge is 0.254 e. The van der Waals surface area contributed by atoms with Gasteiger partial charge in [-0.1, -0.05) is 0 Å². The predicted octanol–water partition coefficient (Wildman–Crippen LogP) is 2.93. The van der Waals surface area contributed by atoms with Crippen LogP contribution < -0.4 is 20.5 Å². The summed E-state index contributed by atoms with van der Waals surface area (Å²) in [5.41, 5.74) is 6.56. The van der Waals surface area contributed by atoms with E-state index in [1.165, 1.54) is 0 Å². The number of fused-ring (bicyclic) bond motifs is 1. The Balaban J connectivity index is 1.40.